The van der Waals surface area contributed by atoms with Gasteiger partial charge in [0.2, 0.25) is 11.8 Å². The van der Waals surface area contributed by atoms with E-state index in [1.165, 1.54) is 6.33 Å². The second kappa shape index (κ2) is 8.44. The number of aromatic nitrogens is 3. The van der Waals surface area contributed by atoms with Gasteiger partial charge < -0.3 is 10.1 Å². The molecule has 29 heavy (non-hydrogen) atoms. The number of hydrogen-bond acceptors (Lipinski definition) is 5. The fourth-order valence-corrected chi connectivity index (χ4v) is 2.46. The molecule has 1 N–H and O–H groups in total. The summed E-state index contributed by atoms with van der Waals surface area (Å²) in [5.41, 5.74) is 0.387. The molecule has 1 amide bonds. The highest BCUT2D eigenvalue weighted by atomic mass is 35.5. The van der Waals surface area contributed by atoms with Gasteiger partial charge in [-0.05, 0) is 30.7 Å². The van der Waals surface area contributed by atoms with Crippen LogP contribution in [0.2, 0.25) is 5.02 Å². The predicted octanol–water partition coefficient (Wildman–Crippen LogP) is 4.83. The molecule has 0 radical (unpaired) electrons. The van der Waals surface area contributed by atoms with E-state index >= 15 is 0 Å². The molecule has 2 heterocycles. The normalized spacial score (nSPS) is 11.2. The van der Waals surface area contributed by atoms with Gasteiger partial charge in [-0.3, -0.25) is 4.79 Å². The van der Waals surface area contributed by atoms with Crippen molar-refractivity contribution in [2.45, 2.75) is 19.5 Å². The maximum absolute atomic E-state index is 12.5. The Morgan fingerprint density at radius 1 is 1.10 bits per heavy atom. The molecule has 150 valence electrons. The van der Waals surface area contributed by atoms with Crippen molar-refractivity contribution in [1.82, 2.24) is 15.0 Å². The molecule has 0 spiro atoms. The van der Waals surface area contributed by atoms with Gasteiger partial charge in [0, 0.05) is 12.3 Å². The number of amides is 1. The first-order valence-electron chi connectivity index (χ1n) is 8.29. The van der Waals surface area contributed by atoms with Crippen LogP contribution in [0.1, 0.15) is 16.8 Å². The quantitative estimate of drug-likeness (QED) is 0.637. The van der Waals surface area contributed by atoms with E-state index < -0.39 is 11.7 Å². The van der Waals surface area contributed by atoms with Gasteiger partial charge in [-0.1, -0.05) is 23.7 Å². The highest BCUT2D eigenvalue weighted by molar-refractivity contribution is 6.33. The average molecular weight is 423 g/mol. The van der Waals surface area contributed by atoms with Gasteiger partial charge in [0.15, 0.2) is 5.82 Å². The summed E-state index contributed by atoms with van der Waals surface area (Å²) >= 11 is 6.05. The molecule has 3 rings (SSSR count). The minimum atomic E-state index is -4.46. The number of carbonyl (C=O) groups is 1. The lowest BCUT2D eigenvalue weighted by Gasteiger charge is -2.09. The number of nitrogens with zero attached hydrogens (tertiary/aromatic N) is 3. The highest BCUT2D eigenvalue weighted by Crippen LogP contribution is 2.30. The zero-order chi connectivity index (χ0) is 21.0. The molecule has 0 atom stereocenters. The van der Waals surface area contributed by atoms with Crippen molar-refractivity contribution in [2.24, 2.45) is 0 Å². The Kier molecular flexibility index (Phi) is 5.97. The number of halogens is 4. The molecule has 0 bridgehead atoms. The smallest absolute Gasteiger partial charge is 0.417 e. The van der Waals surface area contributed by atoms with Crippen LogP contribution in [0, 0.1) is 6.92 Å². The molecule has 6 nitrogen and oxygen atoms in total. The highest BCUT2D eigenvalue weighted by Gasteiger charge is 2.30. The first-order chi connectivity index (χ1) is 13.7. The second-order valence-electron chi connectivity index (χ2n) is 5.98. The molecular formula is C19H14ClF3N4O2. The van der Waals surface area contributed by atoms with Gasteiger partial charge in [0.25, 0.3) is 0 Å². The third kappa shape index (κ3) is 5.41. The Balaban J connectivity index is 1.60. The third-order valence-electron chi connectivity index (χ3n) is 3.80. The average Bonchev–Trinajstić information content (AvgIpc) is 2.67. The van der Waals surface area contributed by atoms with E-state index in [0.29, 0.717) is 23.2 Å². The van der Waals surface area contributed by atoms with Crippen molar-refractivity contribution in [2.75, 3.05) is 5.32 Å². The maximum Gasteiger partial charge on any atom is 0.417 e. The zero-order valence-corrected chi connectivity index (χ0v) is 15.8. The summed E-state index contributed by atoms with van der Waals surface area (Å²) < 4.78 is 43.1. The van der Waals surface area contributed by atoms with E-state index in [0.717, 1.165) is 12.1 Å². The van der Waals surface area contributed by atoms with E-state index in [9.17, 15) is 18.0 Å². The summed E-state index contributed by atoms with van der Waals surface area (Å²) in [5, 5.41) is 2.89. The van der Waals surface area contributed by atoms with Crippen LogP contribution in [0.5, 0.6) is 11.6 Å². The molecule has 10 heteroatoms. The van der Waals surface area contributed by atoms with Crippen LogP contribution < -0.4 is 10.1 Å². The summed E-state index contributed by atoms with van der Waals surface area (Å²) in [6.07, 6.45) is -2.38. The summed E-state index contributed by atoms with van der Waals surface area (Å²) in [4.78, 5) is 23.7. The first-order valence-corrected chi connectivity index (χ1v) is 8.67. The summed E-state index contributed by atoms with van der Waals surface area (Å²) in [5.74, 6) is 0.314. The van der Waals surface area contributed by atoms with E-state index in [4.69, 9.17) is 16.3 Å². The lowest BCUT2D eigenvalue weighted by Crippen LogP contribution is -2.16. The second-order valence-corrected chi connectivity index (χ2v) is 6.35. The molecule has 2 aromatic heterocycles. The SMILES string of the molecule is Cc1ncnc(NC(=O)Cc2ccc(Oc3ccc(C(F)(F)F)cn3)cc2)c1Cl. The van der Waals surface area contributed by atoms with Gasteiger partial charge in [-0.15, -0.1) is 0 Å². The fraction of sp³-hybridized carbons (Fsp3) is 0.158. The molecule has 0 saturated carbocycles. The number of ether oxygens (including phenoxy) is 1. The van der Waals surface area contributed by atoms with Crippen LogP contribution in [0.4, 0.5) is 19.0 Å². The molecule has 0 saturated heterocycles. The van der Waals surface area contributed by atoms with Gasteiger partial charge in [0.05, 0.1) is 17.7 Å². The number of rotatable bonds is 5. The van der Waals surface area contributed by atoms with E-state index in [-0.39, 0.29) is 29.0 Å². The Morgan fingerprint density at radius 2 is 1.83 bits per heavy atom. The fourth-order valence-electron chi connectivity index (χ4n) is 2.31. The molecule has 0 aliphatic heterocycles. The number of carbonyl (C=O) groups excluding carboxylic acids is 1. The van der Waals surface area contributed by atoms with Crippen LogP contribution in [0.15, 0.2) is 48.9 Å². The molecule has 0 fully saturated rings. The monoisotopic (exact) mass is 422 g/mol. The molecule has 0 aliphatic rings. The van der Waals surface area contributed by atoms with E-state index in [1.54, 1.807) is 31.2 Å². The molecule has 1 aromatic carbocycles. The van der Waals surface area contributed by atoms with Crippen molar-refractivity contribution in [3.05, 3.63) is 70.8 Å². The van der Waals surface area contributed by atoms with Crippen LogP contribution in [0.3, 0.4) is 0 Å². The molecular weight excluding hydrogens is 409 g/mol. The Morgan fingerprint density at radius 3 is 2.45 bits per heavy atom. The molecule has 3 aromatic rings. The van der Waals surface area contributed by atoms with Crippen LogP contribution >= 0.6 is 11.6 Å². The Bertz CT molecular complexity index is 1010. The number of aryl methyl sites for hydroxylation is 1. The van der Waals surface area contributed by atoms with Crippen molar-refractivity contribution in [3.63, 3.8) is 0 Å². The van der Waals surface area contributed by atoms with Crippen molar-refractivity contribution < 1.29 is 22.7 Å². The lowest BCUT2D eigenvalue weighted by molar-refractivity contribution is -0.137. The topological polar surface area (TPSA) is 77.0 Å². The lowest BCUT2D eigenvalue weighted by atomic mass is 10.1. The Hall–Kier alpha value is -3.20. The number of anilines is 1. The third-order valence-corrected chi connectivity index (χ3v) is 4.25. The summed E-state index contributed by atoms with van der Waals surface area (Å²) in [7, 11) is 0. The van der Waals surface area contributed by atoms with Crippen molar-refractivity contribution >= 4 is 23.3 Å². The van der Waals surface area contributed by atoms with Crippen molar-refractivity contribution in [3.8, 4) is 11.6 Å². The zero-order valence-electron chi connectivity index (χ0n) is 15.0. The van der Waals surface area contributed by atoms with Gasteiger partial charge in [-0.2, -0.15) is 13.2 Å². The van der Waals surface area contributed by atoms with E-state index in [2.05, 4.69) is 20.3 Å². The Labute approximate surface area is 168 Å². The van der Waals surface area contributed by atoms with Gasteiger partial charge in [0.1, 0.15) is 17.1 Å². The largest absolute Gasteiger partial charge is 0.439 e. The van der Waals surface area contributed by atoms with Gasteiger partial charge in [-0.25, -0.2) is 15.0 Å². The standard InChI is InChI=1S/C19H14ClF3N4O2/c1-11-17(20)18(26-10-25-11)27-15(28)8-12-2-5-14(6-3-12)29-16-7-4-13(9-24-16)19(21,22)23/h2-7,9-10H,8H2,1H3,(H,25,26,27,28). The number of benzene rings is 1. The van der Waals surface area contributed by atoms with Gasteiger partial charge >= 0.3 is 6.18 Å². The summed E-state index contributed by atoms with van der Waals surface area (Å²) in [6.45, 7) is 1.70. The van der Waals surface area contributed by atoms with Crippen LogP contribution in [0.25, 0.3) is 0 Å². The number of pyridine rings is 1. The van der Waals surface area contributed by atoms with Crippen LogP contribution in [-0.2, 0) is 17.4 Å². The maximum atomic E-state index is 12.5. The predicted molar refractivity (Wildman–Crippen MR) is 99.9 cm³/mol. The minimum Gasteiger partial charge on any atom is -0.439 e. The van der Waals surface area contributed by atoms with Crippen LogP contribution in [-0.4, -0.2) is 20.9 Å². The summed E-state index contributed by atoms with van der Waals surface area (Å²) in [6, 6.07) is 8.52. The number of nitrogens with one attached hydrogen (secondary N) is 1. The van der Waals surface area contributed by atoms with E-state index in [1.807, 2.05) is 0 Å². The number of hydrogen-bond donors (Lipinski definition) is 1. The molecule has 0 unspecified atom stereocenters. The molecule has 0 aliphatic carbocycles. The first kappa shape index (κ1) is 20.5. The minimum absolute atomic E-state index is 0.0252. The number of alkyl halides is 3. The van der Waals surface area contributed by atoms with Crippen molar-refractivity contribution in [1.29, 1.82) is 0 Å².